The zero-order chi connectivity index (χ0) is 10.7. The van der Waals surface area contributed by atoms with Crippen LogP contribution in [0.4, 0.5) is 5.69 Å². The predicted molar refractivity (Wildman–Crippen MR) is 60.6 cm³/mol. The van der Waals surface area contributed by atoms with Crippen molar-refractivity contribution in [2.45, 2.75) is 19.3 Å². The predicted octanol–water partition coefficient (Wildman–Crippen LogP) is 1.54. The van der Waals surface area contributed by atoms with Crippen LogP contribution in [-0.4, -0.2) is 12.5 Å². The molecule has 3 N–H and O–H groups in total. The van der Waals surface area contributed by atoms with Gasteiger partial charge in [0.25, 0.3) is 0 Å². The van der Waals surface area contributed by atoms with Gasteiger partial charge in [-0.25, -0.2) is 0 Å². The van der Waals surface area contributed by atoms with Gasteiger partial charge in [-0.2, -0.15) is 0 Å². The Morgan fingerprint density at radius 2 is 2.00 bits per heavy atom. The standard InChI is InChI=1S/C12H16N2O/c13-12(15)7-9-3-5-11(6-4-9)14-8-10-1-2-10/h3-6,10,14H,1-2,7-8H2,(H2,13,15). The van der Waals surface area contributed by atoms with E-state index < -0.39 is 0 Å². The van der Waals surface area contributed by atoms with Crippen LogP contribution in [0.15, 0.2) is 24.3 Å². The lowest BCUT2D eigenvalue weighted by atomic mass is 10.1. The lowest BCUT2D eigenvalue weighted by Gasteiger charge is -2.05. The van der Waals surface area contributed by atoms with Gasteiger partial charge in [-0.3, -0.25) is 4.79 Å². The van der Waals surface area contributed by atoms with E-state index in [1.54, 1.807) is 0 Å². The third kappa shape index (κ3) is 3.27. The van der Waals surface area contributed by atoms with Crippen LogP contribution in [0.2, 0.25) is 0 Å². The summed E-state index contributed by atoms with van der Waals surface area (Å²) >= 11 is 0. The van der Waals surface area contributed by atoms with Gasteiger partial charge in [0.2, 0.25) is 5.91 Å². The highest BCUT2D eigenvalue weighted by atomic mass is 16.1. The van der Waals surface area contributed by atoms with Crippen molar-refractivity contribution in [1.29, 1.82) is 0 Å². The van der Waals surface area contributed by atoms with E-state index in [1.165, 1.54) is 12.8 Å². The highest BCUT2D eigenvalue weighted by molar-refractivity contribution is 5.76. The van der Waals surface area contributed by atoms with E-state index in [9.17, 15) is 4.79 Å². The molecule has 0 aromatic heterocycles. The molecule has 0 unspecified atom stereocenters. The monoisotopic (exact) mass is 204 g/mol. The van der Waals surface area contributed by atoms with Crippen molar-refractivity contribution < 1.29 is 4.79 Å². The number of amides is 1. The first-order chi connectivity index (χ1) is 7.24. The number of anilines is 1. The average Bonchev–Trinajstić information content (AvgIpc) is 2.99. The summed E-state index contributed by atoms with van der Waals surface area (Å²) < 4.78 is 0. The van der Waals surface area contributed by atoms with E-state index in [0.29, 0.717) is 6.42 Å². The Morgan fingerprint density at radius 1 is 1.33 bits per heavy atom. The van der Waals surface area contributed by atoms with Crippen LogP contribution in [0.1, 0.15) is 18.4 Å². The SMILES string of the molecule is NC(=O)Cc1ccc(NCC2CC2)cc1. The second kappa shape index (κ2) is 4.34. The lowest BCUT2D eigenvalue weighted by molar-refractivity contribution is -0.117. The number of carbonyl (C=O) groups excluding carboxylic acids is 1. The van der Waals surface area contributed by atoms with Gasteiger partial charge in [0, 0.05) is 12.2 Å². The molecular weight excluding hydrogens is 188 g/mol. The Hall–Kier alpha value is -1.51. The number of nitrogens with one attached hydrogen (secondary N) is 1. The Morgan fingerprint density at radius 3 is 2.53 bits per heavy atom. The molecule has 1 aliphatic carbocycles. The van der Waals surface area contributed by atoms with Gasteiger partial charge in [-0.05, 0) is 36.5 Å². The van der Waals surface area contributed by atoms with Crippen LogP contribution in [0.5, 0.6) is 0 Å². The molecule has 1 fully saturated rings. The topological polar surface area (TPSA) is 55.1 Å². The quantitative estimate of drug-likeness (QED) is 0.764. The number of hydrogen-bond donors (Lipinski definition) is 2. The van der Waals surface area contributed by atoms with E-state index in [0.717, 1.165) is 23.7 Å². The molecule has 0 bridgehead atoms. The number of nitrogens with two attached hydrogens (primary N) is 1. The van der Waals surface area contributed by atoms with Gasteiger partial charge in [0.05, 0.1) is 6.42 Å². The largest absolute Gasteiger partial charge is 0.385 e. The van der Waals surface area contributed by atoms with Gasteiger partial charge in [0.15, 0.2) is 0 Å². The second-order valence-electron chi connectivity index (χ2n) is 4.16. The molecule has 0 saturated heterocycles. The zero-order valence-corrected chi connectivity index (χ0v) is 8.70. The van der Waals surface area contributed by atoms with Gasteiger partial charge >= 0.3 is 0 Å². The van der Waals surface area contributed by atoms with E-state index in [1.807, 2.05) is 24.3 Å². The Labute approximate surface area is 89.7 Å². The molecule has 3 heteroatoms. The first-order valence-electron chi connectivity index (χ1n) is 5.35. The molecule has 1 aromatic carbocycles. The number of rotatable bonds is 5. The van der Waals surface area contributed by atoms with E-state index in [4.69, 9.17) is 5.73 Å². The summed E-state index contributed by atoms with van der Waals surface area (Å²) in [5.41, 5.74) is 7.21. The van der Waals surface area contributed by atoms with Crippen LogP contribution in [0.3, 0.4) is 0 Å². The van der Waals surface area contributed by atoms with Crippen molar-refractivity contribution in [3.05, 3.63) is 29.8 Å². The maximum Gasteiger partial charge on any atom is 0.221 e. The van der Waals surface area contributed by atoms with Crippen LogP contribution in [0.25, 0.3) is 0 Å². The molecular formula is C12H16N2O. The van der Waals surface area contributed by atoms with Gasteiger partial charge in [-0.1, -0.05) is 12.1 Å². The molecule has 1 aromatic rings. The summed E-state index contributed by atoms with van der Waals surface area (Å²) in [5.74, 6) is 0.587. The zero-order valence-electron chi connectivity index (χ0n) is 8.70. The first-order valence-corrected chi connectivity index (χ1v) is 5.35. The minimum absolute atomic E-state index is 0.284. The molecule has 80 valence electrons. The maximum absolute atomic E-state index is 10.7. The molecule has 2 rings (SSSR count). The summed E-state index contributed by atoms with van der Waals surface area (Å²) in [7, 11) is 0. The molecule has 3 nitrogen and oxygen atoms in total. The molecule has 1 amide bonds. The van der Waals surface area contributed by atoms with Crippen molar-refractivity contribution in [3.63, 3.8) is 0 Å². The summed E-state index contributed by atoms with van der Waals surface area (Å²) in [4.78, 5) is 10.7. The van der Waals surface area contributed by atoms with Crippen LogP contribution in [-0.2, 0) is 11.2 Å². The summed E-state index contributed by atoms with van der Waals surface area (Å²) in [6.07, 6.45) is 3.03. The molecule has 1 saturated carbocycles. The Kier molecular flexibility index (Phi) is 2.90. The van der Waals surface area contributed by atoms with Crippen molar-refractivity contribution in [2.24, 2.45) is 11.7 Å². The van der Waals surface area contributed by atoms with Crippen molar-refractivity contribution in [3.8, 4) is 0 Å². The number of benzene rings is 1. The molecule has 15 heavy (non-hydrogen) atoms. The fourth-order valence-corrected chi connectivity index (χ4v) is 1.53. The summed E-state index contributed by atoms with van der Waals surface area (Å²) in [5, 5.41) is 3.37. The van der Waals surface area contributed by atoms with Gasteiger partial charge in [0.1, 0.15) is 0 Å². The third-order valence-electron chi connectivity index (χ3n) is 2.62. The van der Waals surface area contributed by atoms with Crippen molar-refractivity contribution in [1.82, 2.24) is 0 Å². The fourth-order valence-electron chi connectivity index (χ4n) is 1.53. The van der Waals surface area contributed by atoms with Gasteiger partial charge in [-0.15, -0.1) is 0 Å². The maximum atomic E-state index is 10.7. The lowest BCUT2D eigenvalue weighted by Crippen LogP contribution is -2.13. The Balaban J connectivity index is 1.87. The van der Waals surface area contributed by atoms with Gasteiger partial charge < -0.3 is 11.1 Å². The fraction of sp³-hybridized carbons (Fsp3) is 0.417. The second-order valence-corrected chi connectivity index (χ2v) is 4.16. The van der Waals surface area contributed by atoms with Crippen molar-refractivity contribution in [2.75, 3.05) is 11.9 Å². The average molecular weight is 204 g/mol. The number of primary amides is 1. The van der Waals surface area contributed by atoms with E-state index in [2.05, 4.69) is 5.32 Å². The normalized spacial score (nSPS) is 14.9. The molecule has 0 radical (unpaired) electrons. The summed E-state index contributed by atoms with van der Waals surface area (Å²) in [6.45, 7) is 1.06. The van der Waals surface area contributed by atoms with Crippen LogP contribution >= 0.6 is 0 Å². The molecule has 0 aliphatic heterocycles. The van der Waals surface area contributed by atoms with Crippen LogP contribution < -0.4 is 11.1 Å². The van der Waals surface area contributed by atoms with Crippen LogP contribution in [0, 0.1) is 5.92 Å². The minimum atomic E-state index is -0.284. The summed E-state index contributed by atoms with van der Waals surface area (Å²) in [6, 6.07) is 7.89. The molecule has 0 heterocycles. The first kappa shape index (κ1) is 10.0. The third-order valence-corrected chi connectivity index (χ3v) is 2.62. The highest BCUT2D eigenvalue weighted by Crippen LogP contribution is 2.28. The molecule has 0 atom stereocenters. The molecule has 1 aliphatic rings. The molecule has 0 spiro atoms. The minimum Gasteiger partial charge on any atom is -0.385 e. The number of carbonyl (C=O) groups is 1. The van der Waals surface area contributed by atoms with E-state index >= 15 is 0 Å². The number of hydrogen-bond acceptors (Lipinski definition) is 2. The van der Waals surface area contributed by atoms with Crippen molar-refractivity contribution >= 4 is 11.6 Å². The highest BCUT2D eigenvalue weighted by Gasteiger charge is 2.20. The Bertz CT molecular complexity index is 341. The van der Waals surface area contributed by atoms with E-state index in [-0.39, 0.29) is 5.91 Å². The smallest absolute Gasteiger partial charge is 0.221 e.